The third-order valence-electron chi connectivity index (χ3n) is 6.15. The number of hydrogen-bond acceptors (Lipinski definition) is 4. The zero-order chi connectivity index (χ0) is 23.1. The second kappa shape index (κ2) is 11.2. The molecule has 1 N–H and O–H groups in total. The van der Waals surface area contributed by atoms with E-state index in [1.54, 1.807) is 6.92 Å². The molecule has 0 saturated carbocycles. The summed E-state index contributed by atoms with van der Waals surface area (Å²) in [5, 5.41) is 0. The van der Waals surface area contributed by atoms with Crippen LogP contribution in [0, 0.1) is 0 Å². The minimum Gasteiger partial charge on any atom is -0.324 e. The lowest BCUT2D eigenvalue weighted by Gasteiger charge is -2.40. The van der Waals surface area contributed by atoms with E-state index in [4.69, 9.17) is 4.52 Å². The minimum absolute atomic E-state index is 0.0557. The molecule has 1 unspecified atom stereocenters. The summed E-state index contributed by atoms with van der Waals surface area (Å²) >= 11 is 0. The molecule has 0 aromatic heterocycles. The third kappa shape index (κ3) is 6.63. The van der Waals surface area contributed by atoms with Gasteiger partial charge < -0.3 is 9.42 Å². The van der Waals surface area contributed by atoms with Gasteiger partial charge in [-0.2, -0.15) is 0 Å². The molecule has 1 atom stereocenters. The summed E-state index contributed by atoms with van der Waals surface area (Å²) in [5.74, 6) is 0. The van der Waals surface area contributed by atoms with E-state index >= 15 is 0 Å². The lowest BCUT2D eigenvalue weighted by molar-refractivity contribution is 0.105. The van der Waals surface area contributed by atoms with Crippen molar-refractivity contribution in [3.8, 4) is 0 Å². The van der Waals surface area contributed by atoms with Crippen LogP contribution in [0.4, 0.5) is 0 Å². The van der Waals surface area contributed by atoms with Crippen molar-refractivity contribution in [2.45, 2.75) is 25.7 Å². The maximum atomic E-state index is 12.0. The van der Waals surface area contributed by atoms with Crippen LogP contribution >= 0.6 is 7.60 Å². The van der Waals surface area contributed by atoms with Crippen molar-refractivity contribution in [2.24, 2.45) is 0 Å². The van der Waals surface area contributed by atoms with E-state index in [0.29, 0.717) is 0 Å². The topological polar surface area (TPSA) is 53.0 Å². The molecule has 0 amide bonds. The van der Waals surface area contributed by atoms with E-state index < -0.39 is 7.60 Å². The van der Waals surface area contributed by atoms with Crippen molar-refractivity contribution in [3.63, 3.8) is 0 Å². The Morgan fingerprint density at radius 2 is 1.33 bits per heavy atom. The zero-order valence-electron chi connectivity index (χ0n) is 19.2. The summed E-state index contributed by atoms with van der Waals surface area (Å²) < 4.78 is 17.0. The van der Waals surface area contributed by atoms with Gasteiger partial charge in [-0.3, -0.25) is 14.4 Å². The summed E-state index contributed by atoms with van der Waals surface area (Å²) in [7, 11) is -3.55. The Morgan fingerprint density at radius 1 is 0.818 bits per heavy atom. The lowest BCUT2D eigenvalue weighted by atomic mass is 9.96. The first-order chi connectivity index (χ1) is 16.0. The molecule has 1 heterocycles. The Labute approximate surface area is 197 Å². The van der Waals surface area contributed by atoms with Gasteiger partial charge in [0.15, 0.2) is 0 Å². The highest BCUT2D eigenvalue weighted by Gasteiger charge is 2.26. The van der Waals surface area contributed by atoms with Crippen LogP contribution in [0.15, 0.2) is 84.9 Å². The molecule has 0 aliphatic carbocycles. The maximum Gasteiger partial charge on any atom is 0.332 e. The number of hydrogen-bond donors (Lipinski definition) is 1. The van der Waals surface area contributed by atoms with Crippen molar-refractivity contribution < 1.29 is 14.0 Å². The molecule has 3 aromatic rings. The number of rotatable bonds is 9. The summed E-state index contributed by atoms with van der Waals surface area (Å²) in [4.78, 5) is 14.9. The predicted octanol–water partition coefficient (Wildman–Crippen LogP) is 5.32. The molecule has 1 saturated heterocycles. The summed E-state index contributed by atoms with van der Waals surface area (Å²) in [5.41, 5.74) is 4.72. The van der Waals surface area contributed by atoms with E-state index in [1.807, 2.05) is 12.1 Å². The largest absolute Gasteiger partial charge is 0.332 e. The van der Waals surface area contributed by atoms with Gasteiger partial charge in [-0.25, -0.2) is 0 Å². The van der Waals surface area contributed by atoms with Gasteiger partial charge in [-0.15, -0.1) is 0 Å². The molecule has 174 valence electrons. The first-order valence-corrected chi connectivity index (χ1v) is 13.4. The minimum atomic E-state index is -3.55. The van der Waals surface area contributed by atoms with E-state index in [-0.39, 0.29) is 18.8 Å². The summed E-state index contributed by atoms with van der Waals surface area (Å²) in [6.45, 7) is 6.89. The summed E-state index contributed by atoms with van der Waals surface area (Å²) in [6.07, 6.45) is 0.0557. The molecule has 5 nitrogen and oxygen atoms in total. The quantitative estimate of drug-likeness (QED) is 0.435. The molecule has 0 spiro atoms. The summed E-state index contributed by atoms with van der Waals surface area (Å²) in [6, 6.07) is 29.8. The van der Waals surface area contributed by atoms with E-state index in [0.717, 1.165) is 38.3 Å². The predicted molar refractivity (Wildman–Crippen MR) is 133 cm³/mol. The molecule has 1 aliphatic rings. The van der Waals surface area contributed by atoms with Gasteiger partial charge in [0, 0.05) is 32.7 Å². The number of benzene rings is 3. The highest BCUT2D eigenvalue weighted by Crippen LogP contribution is 2.45. The highest BCUT2D eigenvalue weighted by atomic mass is 31.2. The Bertz CT molecular complexity index is 996. The molecule has 33 heavy (non-hydrogen) atoms. The van der Waals surface area contributed by atoms with Gasteiger partial charge in [-0.1, -0.05) is 84.9 Å². The second-order valence-electron chi connectivity index (χ2n) is 8.57. The van der Waals surface area contributed by atoms with Crippen molar-refractivity contribution in [2.75, 3.05) is 32.8 Å². The molecule has 4 rings (SSSR count). The zero-order valence-corrected chi connectivity index (χ0v) is 20.1. The van der Waals surface area contributed by atoms with Crippen LogP contribution in [0.3, 0.4) is 0 Å². The van der Waals surface area contributed by atoms with Crippen molar-refractivity contribution >= 4 is 7.60 Å². The Hall–Kier alpha value is -2.27. The maximum absolute atomic E-state index is 12.0. The second-order valence-corrected chi connectivity index (χ2v) is 10.4. The first kappa shape index (κ1) is 23.9. The van der Waals surface area contributed by atoms with E-state index in [1.165, 1.54) is 16.7 Å². The Balaban J connectivity index is 1.37. The van der Waals surface area contributed by atoms with Crippen molar-refractivity contribution in [1.82, 2.24) is 9.80 Å². The lowest BCUT2D eigenvalue weighted by Crippen LogP contribution is -2.47. The van der Waals surface area contributed by atoms with Crippen molar-refractivity contribution in [1.29, 1.82) is 0 Å². The van der Waals surface area contributed by atoms with Gasteiger partial charge in [0.05, 0.1) is 18.8 Å². The average molecular weight is 465 g/mol. The molecular weight excluding hydrogens is 431 g/mol. The van der Waals surface area contributed by atoms with Crippen LogP contribution in [0.2, 0.25) is 0 Å². The molecular formula is C27H33N2O3P. The smallest absolute Gasteiger partial charge is 0.324 e. The van der Waals surface area contributed by atoms with Crippen LogP contribution in [0.5, 0.6) is 0 Å². The van der Waals surface area contributed by atoms with Gasteiger partial charge in [0.1, 0.15) is 0 Å². The molecule has 1 aliphatic heterocycles. The average Bonchev–Trinajstić information content (AvgIpc) is 2.83. The van der Waals surface area contributed by atoms with Crippen LogP contribution < -0.4 is 0 Å². The van der Waals surface area contributed by atoms with Crippen LogP contribution in [-0.4, -0.2) is 47.5 Å². The normalized spacial score (nSPS) is 17.2. The molecule has 3 aromatic carbocycles. The highest BCUT2D eigenvalue weighted by molar-refractivity contribution is 7.51. The standard InChI is InChI=1S/C27H33N2O3P/c1-2-32-33(30,31)22-24-15-13-23(14-16-24)21-28-17-19-29(20-18-28)27(25-9-5-3-6-10-25)26-11-7-4-8-12-26/h3-16,27H,2,17-22H2,1H3,(H,30,31). The molecule has 6 heteroatoms. The van der Waals surface area contributed by atoms with Gasteiger partial charge >= 0.3 is 7.60 Å². The van der Waals surface area contributed by atoms with E-state index in [2.05, 4.69) is 82.6 Å². The first-order valence-electron chi connectivity index (χ1n) is 11.6. The molecule has 0 radical (unpaired) electrons. The van der Waals surface area contributed by atoms with E-state index in [9.17, 15) is 9.46 Å². The Kier molecular flexibility index (Phi) is 8.13. The number of nitrogens with zero attached hydrogens (tertiary/aromatic N) is 2. The third-order valence-corrected chi connectivity index (χ3v) is 7.57. The fourth-order valence-corrected chi connectivity index (χ4v) is 5.72. The fraction of sp³-hybridized carbons (Fsp3) is 0.333. The van der Waals surface area contributed by atoms with Gasteiger partial charge in [0.2, 0.25) is 0 Å². The SMILES string of the molecule is CCOP(=O)(O)Cc1ccc(CN2CCN(C(c3ccccc3)c3ccccc3)CC2)cc1. The van der Waals surface area contributed by atoms with Crippen LogP contribution in [-0.2, 0) is 21.8 Å². The monoisotopic (exact) mass is 464 g/mol. The van der Waals surface area contributed by atoms with Crippen LogP contribution in [0.1, 0.15) is 35.2 Å². The van der Waals surface area contributed by atoms with Gasteiger partial charge in [0.25, 0.3) is 0 Å². The number of piperazine rings is 1. The van der Waals surface area contributed by atoms with Crippen molar-refractivity contribution in [3.05, 3.63) is 107 Å². The molecule has 1 fully saturated rings. The van der Waals surface area contributed by atoms with Gasteiger partial charge in [-0.05, 0) is 29.2 Å². The van der Waals surface area contributed by atoms with Crippen LogP contribution in [0.25, 0.3) is 0 Å². The fourth-order valence-electron chi connectivity index (χ4n) is 4.55. The Morgan fingerprint density at radius 3 is 1.85 bits per heavy atom. The molecule has 0 bridgehead atoms.